The Morgan fingerprint density at radius 2 is 1.88 bits per heavy atom. The maximum Gasteiger partial charge on any atom is 0.242 e. The van der Waals surface area contributed by atoms with Gasteiger partial charge in [0.2, 0.25) is 5.91 Å². The summed E-state index contributed by atoms with van der Waals surface area (Å²) in [6.45, 7) is 0.502. The molecule has 26 heavy (non-hydrogen) atoms. The lowest BCUT2D eigenvalue weighted by molar-refractivity contribution is -0.131. The van der Waals surface area contributed by atoms with Gasteiger partial charge in [-0.3, -0.25) is 14.5 Å². The zero-order chi connectivity index (χ0) is 18.7. The molecule has 6 nitrogen and oxygen atoms in total. The van der Waals surface area contributed by atoms with Crippen molar-refractivity contribution in [1.29, 1.82) is 0 Å². The van der Waals surface area contributed by atoms with E-state index in [0.29, 0.717) is 22.2 Å². The average Bonchev–Trinajstić information content (AvgIpc) is 2.98. The Morgan fingerprint density at radius 1 is 1.23 bits per heavy atom. The maximum atomic E-state index is 12.6. The Morgan fingerprint density at radius 3 is 2.54 bits per heavy atom. The standard InChI is InChI=1S/C18H17ClN4O2S/c1-22(10-12-2-8-15(24)9-3-12)16(25)11-23-17(20-21-18(23)26)13-4-6-14(19)7-5-13/h2-9,24H,10-11H2,1H3,(H,21,26). The molecule has 134 valence electrons. The molecule has 0 unspecified atom stereocenters. The maximum absolute atomic E-state index is 12.6. The molecule has 0 aliphatic heterocycles. The van der Waals surface area contributed by atoms with Crippen LogP contribution in [-0.2, 0) is 17.9 Å². The average molecular weight is 389 g/mol. The molecule has 0 atom stereocenters. The molecule has 8 heteroatoms. The number of carbonyl (C=O) groups is 1. The highest BCUT2D eigenvalue weighted by Gasteiger charge is 2.15. The fraction of sp³-hybridized carbons (Fsp3) is 0.167. The number of aromatic nitrogens is 3. The van der Waals surface area contributed by atoms with Crippen LogP contribution >= 0.6 is 23.8 Å². The minimum atomic E-state index is -0.106. The summed E-state index contributed by atoms with van der Waals surface area (Å²) < 4.78 is 2.04. The van der Waals surface area contributed by atoms with Crippen molar-refractivity contribution in [1.82, 2.24) is 19.7 Å². The zero-order valence-electron chi connectivity index (χ0n) is 14.0. The van der Waals surface area contributed by atoms with Crippen molar-refractivity contribution < 1.29 is 9.90 Å². The molecule has 1 amide bonds. The number of hydrogen-bond acceptors (Lipinski definition) is 4. The molecule has 0 fully saturated rings. The summed E-state index contributed by atoms with van der Waals surface area (Å²) in [6.07, 6.45) is 0. The van der Waals surface area contributed by atoms with Crippen molar-refractivity contribution in [3.63, 3.8) is 0 Å². The Labute approximate surface area is 160 Å². The number of H-pyrrole nitrogens is 1. The van der Waals surface area contributed by atoms with Gasteiger partial charge in [0.25, 0.3) is 0 Å². The van der Waals surface area contributed by atoms with E-state index in [9.17, 15) is 9.90 Å². The molecule has 0 aliphatic rings. The van der Waals surface area contributed by atoms with E-state index < -0.39 is 0 Å². The van der Waals surface area contributed by atoms with Crippen molar-refractivity contribution in [2.45, 2.75) is 13.1 Å². The first-order chi connectivity index (χ1) is 12.4. The van der Waals surface area contributed by atoms with Crippen LogP contribution in [0.4, 0.5) is 0 Å². The van der Waals surface area contributed by atoms with Gasteiger partial charge in [-0.15, -0.1) is 0 Å². The second-order valence-corrected chi connectivity index (χ2v) is 6.68. The van der Waals surface area contributed by atoms with E-state index in [1.807, 2.05) is 12.1 Å². The van der Waals surface area contributed by atoms with Gasteiger partial charge < -0.3 is 10.0 Å². The topological polar surface area (TPSA) is 74.2 Å². The van der Waals surface area contributed by atoms with Crippen LogP contribution in [0.15, 0.2) is 48.5 Å². The molecule has 1 aromatic heterocycles. The predicted octanol–water partition coefficient (Wildman–Crippen LogP) is 3.63. The lowest BCUT2D eigenvalue weighted by Gasteiger charge is -2.18. The quantitative estimate of drug-likeness (QED) is 0.654. The van der Waals surface area contributed by atoms with Gasteiger partial charge in [-0.05, 0) is 54.2 Å². The number of amides is 1. The summed E-state index contributed by atoms with van der Waals surface area (Å²) in [5.41, 5.74) is 1.74. The van der Waals surface area contributed by atoms with Gasteiger partial charge in [0.05, 0.1) is 0 Å². The summed E-state index contributed by atoms with van der Waals surface area (Å²) in [7, 11) is 1.72. The number of rotatable bonds is 5. The Bertz CT molecular complexity index is 964. The number of phenols is 1. The third-order valence-electron chi connectivity index (χ3n) is 3.94. The molecule has 2 aromatic carbocycles. The van der Waals surface area contributed by atoms with Gasteiger partial charge in [-0.1, -0.05) is 23.7 Å². The van der Waals surface area contributed by atoms with E-state index in [0.717, 1.165) is 11.1 Å². The summed E-state index contributed by atoms with van der Waals surface area (Å²) in [6, 6.07) is 13.9. The Kier molecular flexibility index (Phi) is 5.39. The first-order valence-electron chi connectivity index (χ1n) is 7.87. The van der Waals surface area contributed by atoms with E-state index in [2.05, 4.69) is 10.2 Å². The molecule has 0 saturated heterocycles. The van der Waals surface area contributed by atoms with Crippen LogP contribution in [0.3, 0.4) is 0 Å². The molecule has 0 spiro atoms. The summed E-state index contributed by atoms with van der Waals surface area (Å²) >= 11 is 11.2. The number of benzene rings is 2. The van der Waals surface area contributed by atoms with E-state index in [4.69, 9.17) is 23.8 Å². The Balaban J connectivity index is 1.77. The van der Waals surface area contributed by atoms with Gasteiger partial charge in [0.1, 0.15) is 12.3 Å². The van der Waals surface area contributed by atoms with Crippen LogP contribution in [0, 0.1) is 4.77 Å². The smallest absolute Gasteiger partial charge is 0.242 e. The monoisotopic (exact) mass is 388 g/mol. The highest BCUT2D eigenvalue weighted by Crippen LogP contribution is 2.20. The number of halogens is 1. The van der Waals surface area contributed by atoms with Crippen LogP contribution in [0.2, 0.25) is 5.02 Å². The van der Waals surface area contributed by atoms with E-state index >= 15 is 0 Å². The number of nitrogens with one attached hydrogen (secondary N) is 1. The fourth-order valence-electron chi connectivity index (χ4n) is 2.50. The lowest BCUT2D eigenvalue weighted by Crippen LogP contribution is -2.30. The van der Waals surface area contributed by atoms with Crippen LogP contribution in [0.1, 0.15) is 5.56 Å². The molecule has 0 radical (unpaired) electrons. The molecular weight excluding hydrogens is 372 g/mol. The molecule has 0 aliphatic carbocycles. The van der Waals surface area contributed by atoms with Gasteiger partial charge in [0.15, 0.2) is 10.6 Å². The number of nitrogens with zero attached hydrogens (tertiary/aromatic N) is 3. The van der Waals surface area contributed by atoms with E-state index in [-0.39, 0.29) is 18.2 Å². The number of aromatic hydroxyl groups is 1. The Hall–Kier alpha value is -2.64. The highest BCUT2D eigenvalue weighted by atomic mass is 35.5. The minimum Gasteiger partial charge on any atom is -0.508 e. The molecular formula is C18H17ClN4O2S. The van der Waals surface area contributed by atoms with Crippen LogP contribution in [0.5, 0.6) is 5.75 Å². The lowest BCUT2D eigenvalue weighted by atomic mass is 10.2. The van der Waals surface area contributed by atoms with Gasteiger partial charge >= 0.3 is 0 Å². The van der Waals surface area contributed by atoms with Crippen LogP contribution in [0.25, 0.3) is 11.4 Å². The second kappa shape index (κ2) is 7.72. The molecule has 3 rings (SSSR count). The highest BCUT2D eigenvalue weighted by molar-refractivity contribution is 7.71. The summed E-state index contributed by atoms with van der Waals surface area (Å²) in [5, 5.41) is 16.9. The van der Waals surface area contributed by atoms with Gasteiger partial charge in [0, 0.05) is 24.2 Å². The number of hydrogen-bond donors (Lipinski definition) is 2. The van der Waals surface area contributed by atoms with Crippen LogP contribution < -0.4 is 0 Å². The minimum absolute atomic E-state index is 0.0713. The fourth-order valence-corrected chi connectivity index (χ4v) is 2.83. The SMILES string of the molecule is CN(Cc1ccc(O)cc1)C(=O)Cn1c(-c2ccc(Cl)cc2)n[nH]c1=S. The second-order valence-electron chi connectivity index (χ2n) is 5.86. The molecule has 0 saturated carbocycles. The number of phenolic OH excluding ortho intramolecular Hbond substituents is 1. The number of carbonyl (C=O) groups excluding carboxylic acids is 1. The molecule has 1 heterocycles. The van der Waals surface area contributed by atoms with Crippen molar-refractivity contribution in [2.24, 2.45) is 0 Å². The van der Waals surface area contributed by atoms with Crippen LogP contribution in [-0.4, -0.2) is 37.7 Å². The van der Waals surface area contributed by atoms with Gasteiger partial charge in [-0.25, -0.2) is 0 Å². The van der Waals surface area contributed by atoms with Crippen molar-refractivity contribution in [3.8, 4) is 17.1 Å². The number of likely N-dealkylation sites (N-methyl/N-ethyl adjacent to an activating group) is 1. The van der Waals surface area contributed by atoms with E-state index in [1.54, 1.807) is 52.9 Å². The molecule has 0 bridgehead atoms. The van der Waals surface area contributed by atoms with Crippen molar-refractivity contribution >= 4 is 29.7 Å². The molecule has 2 N–H and O–H groups in total. The number of aromatic amines is 1. The predicted molar refractivity (Wildman–Crippen MR) is 102 cm³/mol. The van der Waals surface area contributed by atoms with Crippen molar-refractivity contribution in [3.05, 3.63) is 63.9 Å². The molecule has 3 aromatic rings. The first-order valence-corrected chi connectivity index (χ1v) is 8.65. The van der Waals surface area contributed by atoms with Crippen molar-refractivity contribution in [2.75, 3.05) is 7.05 Å². The summed E-state index contributed by atoms with van der Waals surface area (Å²) in [5.74, 6) is 0.670. The first kappa shape index (κ1) is 18.2. The summed E-state index contributed by atoms with van der Waals surface area (Å²) in [4.78, 5) is 14.2. The zero-order valence-corrected chi connectivity index (χ0v) is 15.6. The third-order valence-corrected chi connectivity index (χ3v) is 4.50. The largest absolute Gasteiger partial charge is 0.508 e. The normalized spacial score (nSPS) is 10.7. The van der Waals surface area contributed by atoms with E-state index in [1.165, 1.54) is 0 Å². The van der Waals surface area contributed by atoms with Gasteiger partial charge in [-0.2, -0.15) is 5.10 Å². The third kappa shape index (κ3) is 4.12.